The van der Waals surface area contributed by atoms with Crippen LogP contribution in [0.3, 0.4) is 0 Å². The van der Waals surface area contributed by atoms with Gasteiger partial charge in [0, 0.05) is 0 Å². The molecule has 0 aliphatic rings. The lowest BCUT2D eigenvalue weighted by atomic mass is 10.3. The molecule has 4 nitrogen and oxygen atoms in total. The van der Waals surface area contributed by atoms with Crippen molar-refractivity contribution < 1.29 is 23.0 Å². The van der Waals surface area contributed by atoms with Crippen molar-refractivity contribution in [2.75, 3.05) is 6.61 Å². The van der Waals surface area contributed by atoms with Crippen molar-refractivity contribution in [1.29, 1.82) is 0 Å². The Morgan fingerprint density at radius 2 is 1.93 bits per heavy atom. The van der Waals surface area contributed by atoms with Crippen LogP contribution < -0.4 is 0 Å². The number of para-hydroxylation sites is 1. The van der Waals surface area contributed by atoms with Crippen LogP contribution in [0.4, 0.5) is 4.39 Å². The Bertz CT molecular complexity index is 415. The van der Waals surface area contributed by atoms with Gasteiger partial charge in [0.05, 0.1) is 6.61 Å². The van der Waals surface area contributed by atoms with Crippen molar-refractivity contribution in [3.8, 4) is 5.75 Å². The van der Waals surface area contributed by atoms with Crippen LogP contribution in [0.1, 0.15) is 0 Å². The minimum Gasteiger partial charge on any atom is -0.507 e. The number of phenolic OH excluding ortho intramolecular Hbond substituents is 1. The van der Waals surface area contributed by atoms with Gasteiger partial charge >= 0.3 is 0 Å². The van der Waals surface area contributed by atoms with E-state index in [0.29, 0.717) is 0 Å². The zero-order valence-electron chi connectivity index (χ0n) is 7.09. The summed E-state index contributed by atoms with van der Waals surface area (Å²) in [7, 11) is -4.29. The van der Waals surface area contributed by atoms with Crippen LogP contribution in [0.5, 0.6) is 5.75 Å². The van der Waals surface area contributed by atoms with Gasteiger partial charge in [0.2, 0.25) is 15.3 Å². The highest BCUT2D eigenvalue weighted by Crippen LogP contribution is 2.25. The number of rotatable bonds is 3. The molecule has 1 atom stereocenters. The summed E-state index contributed by atoms with van der Waals surface area (Å²) in [6.45, 7) is -1.13. The third kappa shape index (κ3) is 1.85. The van der Waals surface area contributed by atoms with Crippen LogP contribution in [0.2, 0.25) is 0 Å². The first-order chi connectivity index (χ1) is 6.50. The van der Waals surface area contributed by atoms with E-state index < -0.39 is 32.6 Å². The SMILES string of the molecule is O=S(=O)(c1ccccc1O)C(F)CO. The monoisotopic (exact) mass is 220 g/mol. The van der Waals surface area contributed by atoms with E-state index in [2.05, 4.69) is 0 Å². The number of benzene rings is 1. The molecule has 0 aliphatic carbocycles. The van der Waals surface area contributed by atoms with Crippen LogP contribution in [-0.4, -0.2) is 30.7 Å². The molecule has 14 heavy (non-hydrogen) atoms. The lowest BCUT2D eigenvalue weighted by Crippen LogP contribution is -2.20. The lowest BCUT2D eigenvalue weighted by Gasteiger charge is -2.08. The summed E-state index contributed by atoms with van der Waals surface area (Å²) in [6, 6.07) is 4.99. The summed E-state index contributed by atoms with van der Waals surface area (Å²) in [5.41, 5.74) is -2.41. The maximum absolute atomic E-state index is 12.8. The van der Waals surface area contributed by atoms with Gasteiger partial charge in [0.15, 0.2) is 0 Å². The number of hydrogen-bond donors (Lipinski definition) is 2. The first-order valence-electron chi connectivity index (χ1n) is 3.77. The van der Waals surface area contributed by atoms with Crippen molar-refractivity contribution in [3.05, 3.63) is 24.3 Å². The molecule has 78 valence electrons. The van der Waals surface area contributed by atoms with Crippen molar-refractivity contribution in [1.82, 2.24) is 0 Å². The summed E-state index contributed by atoms with van der Waals surface area (Å²) < 4.78 is 35.4. The molecule has 0 radical (unpaired) electrons. The third-order valence-corrected chi connectivity index (χ3v) is 3.43. The van der Waals surface area contributed by atoms with E-state index >= 15 is 0 Å². The van der Waals surface area contributed by atoms with Crippen LogP contribution >= 0.6 is 0 Å². The average Bonchev–Trinajstić information content (AvgIpc) is 2.17. The predicted octanol–water partition coefficient (Wildman–Crippen LogP) is 0.454. The van der Waals surface area contributed by atoms with Gasteiger partial charge < -0.3 is 10.2 Å². The molecule has 2 N–H and O–H groups in total. The molecule has 0 amide bonds. The summed E-state index contributed by atoms with van der Waals surface area (Å²) in [4.78, 5) is -0.512. The molecular weight excluding hydrogens is 211 g/mol. The molecule has 6 heteroatoms. The van der Waals surface area contributed by atoms with Crippen molar-refractivity contribution >= 4 is 9.84 Å². The van der Waals surface area contributed by atoms with Crippen molar-refractivity contribution in [2.45, 2.75) is 10.4 Å². The van der Waals surface area contributed by atoms with Gasteiger partial charge in [-0.3, -0.25) is 0 Å². The summed E-state index contributed by atoms with van der Waals surface area (Å²) >= 11 is 0. The van der Waals surface area contributed by atoms with Gasteiger partial charge in [-0.1, -0.05) is 12.1 Å². The molecule has 1 aromatic rings. The molecule has 0 spiro atoms. The average molecular weight is 220 g/mol. The third-order valence-electron chi connectivity index (χ3n) is 1.65. The minimum atomic E-state index is -4.29. The normalized spacial score (nSPS) is 13.9. The number of sulfone groups is 1. The van der Waals surface area contributed by atoms with E-state index in [1.165, 1.54) is 12.1 Å². The summed E-state index contributed by atoms with van der Waals surface area (Å²) in [5, 5.41) is 17.5. The quantitative estimate of drug-likeness (QED) is 0.775. The fourth-order valence-corrected chi connectivity index (χ4v) is 2.03. The van der Waals surface area contributed by atoms with Crippen LogP contribution in [-0.2, 0) is 9.84 Å². The number of phenols is 1. The molecule has 1 aromatic carbocycles. The van der Waals surface area contributed by atoms with E-state index in [0.717, 1.165) is 12.1 Å². The highest BCUT2D eigenvalue weighted by molar-refractivity contribution is 7.92. The number of aliphatic hydroxyl groups is 1. The second-order valence-corrected chi connectivity index (χ2v) is 4.65. The maximum Gasteiger partial charge on any atom is 0.228 e. The fourth-order valence-electron chi connectivity index (χ4n) is 0.934. The second-order valence-electron chi connectivity index (χ2n) is 2.61. The van der Waals surface area contributed by atoms with Crippen molar-refractivity contribution in [2.24, 2.45) is 0 Å². The molecular formula is C8H9FO4S. The minimum absolute atomic E-state index is 0.512. The molecule has 0 saturated heterocycles. The molecule has 0 aliphatic heterocycles. The Morgan fingerprint density at radius 1 is 1.36 bits per heavy atom. The number of aromatic hydroxyl groups is 1. The molecule has 0 aromatic heterocycles. The Labute approximate surface area is 80.5 Å². The molecule has 1 rings (SSSR count). The van der Waals surface area contributed by atoms with Crippen molar-refractivity contribution in [3.63, 3.8) is 0 Å². The van der Waals surface area contributed by atoms with Gasteiger partial charge in [0.25, 0.3) is 0 Å². The van der Waals surface area contributed by atoms with E-state index in [1.807, 2.05) is 0 Å². The van der Waals surface area contributed by atoms with Crippen LogP contribution in [0, 0.1) is 0 Å². The maximum atomic E-state index is 12.8. The molecule has 0 saturated carbocycles. The lowest BCUT2D eigenvalue weighted by molar-refractivity contribution is 0.225. The zero-order chi connectivity index (χ0) is 10.8. The molecule has 0 fully saturated rings. The number of alkyl halides is 1. The highest BCUT2D eigenvalue weighted by atomic mass is 32.2. The molecule has 0 bridgehead atoms. The summed E-state index contributed by atoms with van der Waals surface area (Å²) in [5.74, 6) is -0.524. The first-order valence-corrected chi connectivity index (χ1v) is 5.31. The summed E-state index contributed by atoms with van der Waals surface area (Å²) in [6.07, 6.45) is 0. The topological polar surface area (TPSA) is 74.6 Å². The van der Waals surface area contributed by atoms with Crippen LogP contribution in [0.15, 0.2) is 29.2 Å². The second kappa shape index (κ2) is 3.93. The first kappa shape index (κ1) is 10.9. The Kier molecular flexibility index (Phi) is 3.07. The van der Waals surface area contributed by atoms with Gasteiger partial charge in [-0.05, 0) is 12.1 Å². The predicted molar refractivity (Wildman–Crippen MR) is 47.3 cm³/mol. The largest absolute Gasteiger partial charge is 0.507 e. The Hall–Kier alpha value is -1.14. The van der Waals surface area contributed by atoms with Gasteiger partial charge in [-0.15, -0.1) is 0 Å². The highest BCUT2D eigenvalue weighted by Gasteiger charge is 2.28. The standard InChI is InChI=1S/C8H9FO4S/c9-8(5-10)14(12,13)7-4-2-1-3-6(7)11/h1-4,8,10-11H,5H2. The van der Waals surface area contributed by atoms with Gasteiger partial charge in [-0.2, -0.15) is 0 Å². The zero-order valence-corrected chi connectivity index (χ0v) is 7.91. The van der Waals surface area contributed by atoms with E-state index in [9.17, 15) is 12.8 Å². The van der Waals surface area contributed by atoms with E-state index in [1.54, 1.807) is 0 Å². The smallest absolute Gasteiger partial charge is 0.228 e. The Morgan fingerprint density at radius 3 is 2.43 bits per heavy atom. The number of halogens is 1. The molecule has 1 unspecified atom stereocenters. The van der Waals surface area contributed by atoms with Gasteiger partial charge in [0.1, 0.15) is 10.6 Å². The van der Waals surface area contributed by atoms with E-state index in [-0.39, 0.29) is 0 Å². The molecule has 0 heterocycles. The number of aliphatic hydroxyl groups excluding tert-OH is 1. The van der Waals surface area contributed by atoms with Crippen LogP contribution in [0.25, 0.3) is 0 Å². The number of hydrogen-bond acceptors (Lipinski definition) is 4. The van der Waals surface area contributed by atoms with E-state index in [4.69, 9.17) is 10.2 Å². The van der Waals surface area contributed by atoms with Gasteiger partial charge in [-0.25, -0.2) is 12.8 Å². The fraction of sp³-hybridized carbons (Fsp3) is 0.250. The Balaban J connectivity index is 3.24.